The van der Waals surface area contributed by atoms with Crippen molar-refractivity contribution >= 4 is 51.3 Å². The summed E-state index contributed by atoms with van der Waals surface area (Å²) in [6.07, 6.45) is 9.18. The van der Waals surface area contributed by atoms with E-state index in [2.05, 4.69) is 141 Å². The molecule has 5 nitrogen and oxygen atoms in total. The van der Waals surface area contributed by atoms with E-state index in [1.165, 1.54) is 47.3 Å². The number of imidazole rings is 1. The first-order valence-electron chi connectivity index (χ1n) is 26.3. The summed E-state index contributed by atoms with van der Waals surface area (Å²) in [7, 11) is -2.15. The van der Waals surface area contributed by atoms with Crippen LogP contribution < -0.4 is 19.7 Å². The van der Waals surface area contributed by atoms with Crippen molar-refractivity contribution in [1.29, 1.82) is 0 Å². The van der Waals surface area contributed by atoms with Gasteiger partial charge in [-0.15, -0.1) is 29.7 Å². The van der Waals surface area contributed by atoms with E-state index in [-0.39, 0.29) is 56.2 Å². The molecule has 0 amide bonds. The third-order valence-corrected chi connectivity index (χ3v) is 19.2. The van der Waals surface area contributed by atoms with Gasteiger partial charge in [-0.1, -0.05) is 201 Å². The molecule has 70 heavy (non-hydrogen) atoms. The van der Waals surface area contributed by atoms with Crippen LogP contribution in [0, 0.1) is 18.5 Å². The van der Waals surface area contributed by atoms with E-state index >= 15 is 0 Å². The fourth-order valence-corrected chi connectivity index (χ4v) is 15.7. The zero-order valence-electron chi connectivity index (χ0n) is 44.2. The number of benzene rings is 8. The Morgan fingerprint density at radius 1 is 0.629 bits per heavy atom. The Kier molecular flexibility index (Phi) is 10.6. The van der Waals surface area contributed by atoms with Crippen LogP contribution in [0.1, 0.15) is 52.5 Å². The van der Waals surface area contributed by atoms with Gasteiger partial charge in [-0.05, 0) is 74.6 Å². The van der Waals surface area contributed by atoms with Gasteiger partial charge in [0.1, 0.15) is 13.9 Å². The first-order valence-corrected chi connectivity index (χ1v) is 26.3. The molecular weight excluding hydrogens is 1050 g/mol. The molecular formula is C63H52N4OPtSi-2. The molecule has 8 aromatic carbocycles. The van der Waals surface area contributed by atoms with Crippen molar-refractivity contribution in [2.75, 3.05) is 0 Å². The van der Waals surface area contributed by atoms with Gasteiger partial charge in [0.25, 0.3) is 6.33 Å². The molecule has 1 aliphatic rings. The number of fused-ring (bicyclic) bond motifs is 4. The molecule has 0 aliphatic carbocycles. The predicted octanol–water partition coefficient (Wildman–Crippen LogP) is 14.0. The number of hydrogen-bond donors (Lipinski definition) is 0. The summed E-state index contributed by atoms with van der Waals surface area (Å²) in [5.74, 6) is 1.80. The Morgan fingerprint density at radius 2 is 1.33 bits per heavy atom. The summed E-state index contributed by atoms with van der Waals surface area (Å²) < 4.78 is 57.3. The van der Waals surface area contributed by atoms with Crippen LogP contribution in [0.3, 0.4) is 0 Å². The second kappa shape index (κ2) is 18.7. The Balaban J connectivity index is 0.00000602. The van der Waals surface area contributed by atoms with Gasteiger partial charge in [-0.2, -0.15) is 18.2 Å². The van der Waals surface area contributed by atoms with Gasteiger partial charge >= 0.3 is 0 Å². The smallest absolute Gasteiger partial charge is 0.268 e. The van der Waals surface area contributed by atoms with Crippen molar-refractivity contribution in [2.45, 2.75) is 57.5 Å². The molecule has 12 rings (SSSR count). The molecule has 0 saturated carbocycles. The Hall–Kier alpha value is -7.11. The molecule has 1 saturated heterocycles. The van der Waals surface area contributed by atoms with Crippen molar-refractivity contribution in [3.8, 4) is 50.9 Å². The van der Waals surface area contributed by atoms with Crippen molar-refractivity contribution in [2.24, 2.45) is 0 Å². The van der Waals surface area contributed by atoms with Gasteiger partial charge in [-0.25, -0.2) is 4.98 Å². The van der Waals surface area contributed by atoms with Crippen LogP contribution in [0.5, 0.6) is 11.5 Å². The Bertz CT molecular complexity index is 3960. The van der Waals surface area contributed by atoms with E-state index in [4.69, 9.17) is 13.8 Å². The first-order chi connectivity index (χ1) is 35.9. The zero-order valence-corrected chi connectivity index (χ0v) is 42.5. The topological polar surface area (TPSA) is 35.9 Å². The molecule has 3 aromatic heterocycles. The van der Waals surface area contributed by atoms with Crippen LogP contribution in [-0.4, -0.2) is 22.2 Å². The van der Waals surface area contributed by atoms with Gasteiger partial charge in [0, 0.05) is 44.3 Å². The van der Waals surface area contributed by atoms with Crippen LogP contribution in [-0.2, 0) is 26.5 Å². The molecule has 11 aromatic rings. The van der Waals surface area contributed by atoms with Gasteiger partial charge in [-0.3, -0.25) is 4.57 Å². The van der Waals surface area contributed by atoms with Crippen LogP contribution in [0.2, 0.25) is 12.1 Å². The number of aromatic nitrogens is 4. The van der Waals surface area contributed by atoms with E-state index in [0.717, 1.165) is 49.8 Å². The van der Waals surface area contributed by atoms with Gasteiger partial charge in [0.05, 0.1) is 23.6 Å². The summed E-state index contributed by atoms with van der Waals surface area (Å²) in [6.45, 7) is 6.61. The summed E-state index contributed by atoms with van der Waals surface area (Å²) in [4.78, 5) is 4.85. The number of pyridine rings is 1. The first kappa shape index (κ1) is 39.7. The summed E-state index contributed by atoms with van der Waals surface area (Å²) in [5.41, 5.74) is 8.33. The number of ether oxygens (including phenoxy) is 1. The number of rotatable bonds is 9. The van der Waals surface area contributed by atoms with Crippen molar-refractivity contribution in [1.82, 2.24) is 14.1 Å². The van der Waals surface area contributed by atoms with E-state index < -0.39 is 14.1 Å². The zero-order chi connectivity index (χ0) is 50.9. The van der Waals surface area contributed by atoms with E-state index in [0.29, 0.717) is 28.4 Å². The maximum absolute atomic E-state index is 9.26. The normalized spacial score (nSPS) is 14.6. The molecule has 0 unspecified atom stereocenters. The Labute approximate surface area is 433 Å². The Morgan fingerprint density at radius 3 is 2.14 bits per heavy atom. The fraction of sp³-hybridized carbons (Fsp3) is 0.143. The molecule has 0 N–H and O–H groups in total. The predicted molar refractivity (Wildman–Crippen MR) is 284 cm³/mol. The standard InChI is InChI=1S/C63H52N4OSi.Pt/c1-63(2,3)47-36-37-64-61(41-47)67-57-31-12-11-28-55(57)56-35-34-50(43-60(56)67)68-49-24-18-23-48(42-49)65-44-66(59-33-14-13-32-58(59)65)62-53(45-20-7-4-8-21-45)29-19-30-54(62)46-22-17-27-52(40-46)69(38-15-6-16-39-69)51-25-9-5-10-26-51;/h4-5,7-14,17-37,40-41H,6,15-16,38-39H2,1-3H3;/q-2;/i4D,7D,8D,20D,21D;. The van der Waals surface area contributed by atoms with Crippen LogP contribution in [0.4, 0.5) is 0 Å². The van der Waals surface area contributed by atoms with E-state index in [9.17, 15) is 2.74 Å². The van der Waals surface area contributed by atoms with Crippen molar-refractivity contribution < 1.29 is 37.2 Å². The number of para-hydroxylation sites is 4. The third kappa shape index (κ3) is 8.13. The third-order valence-electron chi connectivity index (χ3n) is 14.0. The monoisotopic (exact) mass is 1110 g/mol. The molecule has 0 spiro atoms. The molecule has 0 radical (unpaired) electrons. The fourth-order valence-electron chi connectivity index (χ4n) is 10.6. The molecule has 0 bridgehead atoms. The second-order valence-electron chi connectivity index (χ2n) is 19.1. The van der Waals surface area contributed by atoms with E-state index in [1.807, 2.05) is 82.1 Å². The van der Waals surface area contributed by atoms with Crippen LogP contribution in [0.25, 0.3) is 72.3 Å². The molecule has 346 valence electrons. The minimum Gasteiger partial charge on any atom is -0.510 e. The average Bonchev–Trinajstić information content (AvgIpc) is 3.99. The molecule has 7 heteroatoms. The summed E-state index contributed by atoms with van der Waals surface area (Å²) in [6, 6.07) is 63.9. The largest absolute Gasteiger partial charge is 0.510 e. The van der Waals surface area contributed by atoms with Crippen LogP contribution >= 0.6 is 0 Å². The minimum atomic E-state index is -2.15. The second-order valence-corrected chi connectivity index (χ2v) is 23.5. The molecule has 4 heterocycles. The molecule has 1 aliphatic heterocycles. The van der Waals surface area contributed by atoms with Gasteiger partial charge in [0.15, 0.2) is 0 Å². The van der Waals surface area contributed by atoms with Gasteiger partial charge < -0.3 is 13.9 Å². The molecule has 1 fully saturated rings. The maximum atomic E-state index is 9.26. The van der Waals surface area contributed by atoms with Crippen LogP contribution in [0.15, 0.2) is 200 Å². The number of hydrogen-bond acceptors (Lipinski definition) is 2. The SMILES string of the molecule is [2H]c1c([2H])c([2H])c(-c2cccc(-c3cccc([Si]4(c5ccccc5)CCCCC4)c3)c2-[n+]2[c-]n(-c3[c-]c(Oc4[c-]c5c(cc4)c4ccccc4n5-c4cc(C(C)(C)C)ccn4)ccc3)c3ccccc32)c([2H])c1[2H].[Pt]. The minimum absolute atomic E-state index is 0. The summed E-state index contributed by atoms with van der Waals surface area (Å²) >= 11 is 0. The van der Waals surface area contributed by atoms with E-state index in [1.54, 1.807) is 0 Å². The maximum Gasteiger partial charge on any atom is 0.268 e. The number of nitrogens with zero attached hydrogens (tertiary/aromatic N) is 4. The summed E-state index contributed by atoms with van der Waals surface area (Å²) in [5, 5.41) is 4.94. The van der Waals surface area contributed by atoms with Crippen molar-refractivity contribution in [3.05, 3.63) is 224 Å². The van der Waals surface area contributed by atoms with Crippen molar-refractivity contribution in [3.63, 3.8) is 0 Å². The quantitative estimate of drug-likeness (QED) is 0.0820. The molecule has 0 atom stereocenters. The van der Waals surface area contributed by atoms with Gasteiger partial charge in [0.2, 0.25) is 0 Å². The average molecular weight is 1110 g/mol.